The van der Waals surface area contributed by atoms with Crippen LogP contribution in [0.25, 0.3) is 0 Å². The Morgan fingerprint density at radius 2 is 1.57 bits per heavy atom. The van der Waals surface area contributed by atoms with E-state index in [1.807, 2.05) is 13.8 Å². The van der Waals surface area contributed by atoms with E-state index in [0.717, 1.165) is 11.8 Å². The van der Waals surface area contributed by atoms with Gasteiger partial charge in [-0.15, -0.1) is 13.2 Å². The Morgan fingerprint density at radius 1 is 0.913 bits per heavy atom. The van der Waals surface area contributed by atoms with Crippen molar-refractivity contribution in [3.05, 3.63) is 36.5 Å². The Bertz CT molecular complexity index is 392. The van der Waals surface area contributed by atoms with Gasteiger partial charge in [-0.25, -0.2) is 0 Å². The minimum atomic E-state index is 0.620. The van der Waals surface area contributed by atoms with Crippen molar-refractivity contribution in [3.63, 3.8) is 0 Å². The van der Waals surface area contributed by atoms with Gasteiger partial charge in [-0.2, -0.15) is 0 Å². The fourth-order valence-electron chi connectivity index (χ4n) is 4.89. The molecule has 23 heavy (non-hydrogen) atoms. The van der Waals surface area contributed by atoms with E-state index < -0.39 is 0 Å². The number of rotatable bonds is 1. The van der Waals surface area contributed by atoms with Crippen molar-refractivity contribution in [2.24, 2.45) is 17.3 Å². The Morgan fingerprint density at radius 3 is 2.22 bits per heavy atom. The Kier molecular flexibility index (Phi) is 8.95. The third kappa shape index (κ3) is 4.85. The van der Waals surface area contributed by atoms with Crippen LogP contribution in [0.3, 0.4) is 0 Å². The van der Waals surface area contributed by atoms with Crippen molar-refractivity contribution in [2.45, 2.75) is 91.9 Å². The summed E-state index contributed by atoms with van der Waals surface area (Å²) in [7, 11) is 0. The lowest BCUT2D eigenvalue weighted by Gasteiger charge is -2.41. The maximum Gasteiger partial charge on any atom is -0.0143 e. The summed E-state index contributed by atoms with van der Waals surface area (Å²) in [5.41, 5.74) is 4.13. The number of fused-ring (bicyclic) bond motifs is 1. The fourth-order valence-corrected chi connectivity index (χ4v) is 4.89. The van der Waals surface area contributed by atoms with E-state index in [9.17, 15) is 0 Å². The van der Waals surface area contributed by atoms with Gasteiger partial charge in [0.1, 0.15) is 0 Å². The molecule has 3 aliphatic rings. The van der Waals surface area contributed by atoms with Gasteiger partial charge < -0.3 is 0 Å². The van der Waals surface area contributed by atoms with Crippen molar-refractivity contribution in [1.29, 1.82) is 0 Å². The zero-order valence-electron chi connectivity index (χ0n) is 16.3. The van der Waals surface area contributed by atoms with Crippen LogP contribution in [0.1, 0.15) is 91.9 Å². The molecule has 0 heterocycles. The molecule has 0 saturated heterocycles. The van der Waals surface area contributed by atoms with Gasteiger partial charge in [0.15, 0.2) is 0 Å². The second kappa shape index (κ2) is 10.2. The summed E-state index contributed by atoms with van der Waals surface area (Å²) in [5, 5.41) is 0. The third-order valence-electron chi connectivity index (χ3n) is 6.47. The molecule has 0 amide bonds. The standard InChI is InChI=1S/C19H30.C2H6.C2H4/c1-15-10-13-18-17(9-6-14-19(15,18)2)12-11-16-7-4-3-5-8-16;2*1-2/h11-12,15,18H,3-10,13-14H2,1-2H3;1-2H3;1-2H2/b17-12+;;. The summed E-state index contributed by atoms with van der Waals surface area (Å²) >= 11 is 0. The summed E-state index contributed by atoms with van der Waals surface area (Å²) in [4.78, 5) is 0. The smallest absolute Gasteiger partial charge is 0.0143 e. The first-order valence-electron chi connectivity index (χ1n) is 10.1. The van der Waals surface area contributed by atoms with Crippen LogP contribution in [0.4, 0.5) is 0 Å². The highest BCUT2D eigenvalue weighted by Gasteiger charge is 2.46. The first-order valence-corrected chi connectivity index (χ1v) is 10.1. The molecule has 3 fully saturated rings. The van der Waals surface area contributed by atoms with Crippen molar-refractivity contribution in [1.82, 2.24) is 0 Å². The van der Waals surface area contributed by atoms with Gasteiger partial charge >= 0.3 is 0 Å². The molecule has 0 radical (unpaired) electrons. The first kappa shape index (κ1) is 20.3. The summed E-state index contributed by atoms with van der Waals surface area (Å²) < 4.78 is 0. The van der Waals surface area contributed by atoms with Crippen molar-refractivity contribution in [3.8, 4) is 0 Å². The normalized spacial score (nSPS) is 34.6. The van der Waals surface area contributed by atoms with Gasteiger partial charge in [0, 0.05) is 0 Å². The molecule has 0 aromatic carbocycles. The minimum absolute atomic E-state index is 0.620. The van der Waals surface area contributed by atoms with Crippen LogP contribution in [0.15, 0.2) is 36.5 Å². The van der Waals surface area contributed by atoms with E-state index in [4.69, 9.17) is 0 Å². The van der Waals surface area contributed by atoms with Gasteiger partial charge in [0.05, 0.1) is 0 Å². The largest absolute Gasteiger partial charge is 0.106 e. The van der Waals surface area contributed by atoms with Gasteiger partial charge in [-0.3, -0.25) is 0 Å². The van der Waals surface area contributed by atoms with Crippen LogP contribution >= 0.6 is 0 Å². The van der Waals surface area contributed by atoms with Crippen molar-refractivity contribution in [2.75, 3.05) is 0 Å². The molecule has 3 unspecified atom stereocenters. The molecule has 0 heteroatoms. The Labute approximate surface area is 146 Å². The number of allylic oxidation sites excluding steroid dienone is 4. The van der Waals surface area contributed by atoms with Crippen LogP contribution < -0.4 is 0 Å². The highest BCUT2D eigenvalue weighted by atomic mass is 14.5. The van der Waals surface area contributed by atoms with Crippen LogP contribution in [0, 0.1) is 17.3 Å². The SMILES string of the molecule is C=C.CC.CC1CCC2/C(=C/C=C3CCCCC3)CCCC12C. The predicted octanol–water partition coefficient (Wildman–Crippen LogP) is 7.87. The Hall–Kier alpha value is -0.780. The summed E-state index contributed by atoms with van der Waals surface area (Å²) in [6.07, 6.45) is 19.2. The lowest BCUT2D eigenvalue weighted by Crippen LogP contribution is -2.31. The number of hydrogen-bond donors (Lipinski definition) is 0. The van der Waals surface area contributed by atoms with Gasteiger partial charge in [0.2, 0.25) is 0 Å². The molecule has 0 N–H and O–H groups in total. The van der Waals surface area contributed by atoms with Crippen LogP contribution in [-0.2, 0) is 0 Å². The third-order valence-corrected chi connectivity index (χ3v) is 6.47. The average Bonchev–Trinajstić information content (AvgIpc) is 2.93. The highest BCUT2D eigenvalue weighted by Crippen LogP contribution is 2.57. The summed E-state index contributed by atoms with van der Waals surface area (Å²) in [6.45, 7) is 15.1. The molecule has 3 rings (SSSR count). The van der Waals surface area contributed by atoms with Gasteiger partial charge in [0.25, 0.3) is 0 Å². The van der Waals surface area contributed by atoms with Gasteiger partial charge in [-0.1, -0.05) is 57.4 Å². The lowest BCUT2D eigenvalue weighted by atomic mass is 9.64. The molecule has 3 saturated carbocycles. The van der Waals surface area contributed by atoms with Crippen LogP contribution in [0.2, 0.25) is 0 Å². The maximum atomic E-state index is 3.00. The van der Waals surface area contributed by atoms with Crippen molar-refractivity contribution < 1.29 is 0 Å². The highest BCUT2D eigenvalue weighted by molar-refractivity contribution is 5.25. The zero-order chi connectivity index (χ0) is 17.3. The second-order valence-corrected chi connectivity index (χ2v) is 7.52. The van der Waals surface area contributed by atoms with E-state index in [1.165, 1.54) is 64.2 Å². The quantitative estimate of drug-likeness (QED) is 0.432. The average molecular weight is 317 g/mol. The summed E-state index contributed by atoms with van der Waals surface area (Å²) in [5.74, 6) is 1.83. The van der Waals surface area contributed by atoms with Crippen LogP contribution in [0.5, 0.6) is 0 Å². The molecule has 0 aliphatic heterocycles. The summed E-state index contributed by atoms with van der Waals surface area (Å²) in [6, 6.07) is 0. The molecule has 3 aliphatic carbocycles. The van der Waals surface area contributed by atoms with E-state index in [0.29, 0.717) is 5.41 Å². The zero-order valence-corrected chi connectivity index (χ0v) is 16.3. The Balaban J connectivity index is 0.000000615. The molecular formula is C23H40. The van der Waals surface area contributed by atoms with E-state index in [2.05, 4.69) is 39.2 Å². The van der Waals surface area contributed by atoms with E-state index in [1.54, 1.807) is 11.1 Å². The fraction of sp³-hybridized carbons (Fsp3) is 0.739. The molecule has 0 bridgehead atoms. The molecule has 0 aromatic rings. The number of hydrogen-bond acceptors (Lipinski definition) is 0. The topological polar surface area (TPSA) is 0 Å². The monoisotopic (exact) mass is 316 g/mol. The molecule has 132 valence electrons. The molecule has 0 aromatic heterocycles. The van der Waals surface area contributed by atoms with Crippen LogP contribution in [-0.4, -0.2) is 0 Å². The molecule has 0 nitrogen and oxygen atoms in total. The predicted molar refractivity (Wildman–Crippen MR) is 106 cm³/mol. The first-order chi connectivity index (χ1) is 11.2. The van der Waals surface area contributed by atoms with Gasteiger partial charge in [-0.05, 0) is 75.0 Å². The molecule has 0 spiro atoms. The van der Waals surface area contributed by atoms with E-state index >= 15 is 0 Å². The second-order valence-electron chi connectivity index (χ2n) is 7.52. The van der Waals surface area contributed by atoms with Crippen molar-refractivity contribution >= 4 is 0 Å². The lowest BCUT2D eigenvalue weighted by molar-refractivity contribution is 0.147. The maximum absolute atomic E-state index is 3.00. The van der Waals surface area contributed by atoms with E-state index in [-0.39, 0.29) is 0 Å². The molecule has 3 atom stereocenters. The molecular weight excluding hydrogens is 276 g/mol. The minimum Gasteiger partial charge on any atom is -0.106 e.